The largest absolute Gasteiger partial charge is 0.497 e. The Morgan fingerprint density at radius 2 is 1.72 bits per heavy atom. The molecule has 2 aliphatic rings. The Kier molecular flexibility index (Phi) is 4.75. The Labute approximate surface area is 167 Å². The Balaban J connectivity index is 1.55. The summed E-state index contributed by atoms with van der Waals surface area (Å²) in [5.41, 5.74) is 2.07. The van der Waals surface area contributed by atoms with Crippen LogP contribution in [-0.2, 0) is 20.8 Å². The van der Waals surface area contributed by atoms with Gasteiger partial charge in [0.2, 0.25) is 5.91 Å². The van der Waals surface area contributed by atoms with Gasteiger partial charge < -0.3 is 9.64 Å². The van der Waals surface area contributed by atoms with E-state index in [1.807, 2.05) is 24.3 Å². The fourth-order valence-electron chi connectivity index (χ4n) is 3.62. The minimum atomic E-state index is -1.01. The molecule has 8 heteroatoms. The number of ether oxygens (including phenoxy) is 1. The number of carbonyl (C=O) groups is 4. The van der Waals surface area contributed by atoms with Gasteiger partial charge in [-0.05, 0) is 48.7 Å². The third-order valence-corrected chi connectivity index (χ3v) is 5.09. The van der Waals surface area contributed by atoms with Crippen LogP contribution in [0.15, 0.2) is 48.5 Å². The van der Waals surface area contributed by atoms with Crippen molar-refractivity contribution < 1.29 is 23.9 Å². The molecule has 8 nitrogen and oxygen atoms in total. The van der Waals surface area contributed by atoms with Crippen molar-refractivity contribution in [3.05, 3.63) is 54.1 Å². The van der Waals surface area contributed by atoms with Crippen LogP contribution in [0.3, 0.4) is 0 Å². The summed E-state index contributed by atoms with van der Waals surface area (Å²) in [7, 11) is 1.50. The van der Waals surface area contributed by atoms with Crippen LogP contribution in [-0.4, -0.2) is 48.9 Å². The molecule has 148 valence electrons. The third kappa shape index (κ3) is 3.22. The molecule has 0 unspecified atom stereocenters. The highest BCUT2D eigenvalue weighted by molar-refractivity contribution is 6.53. The van der Waals surface area contributed by atoms with E-state index in [-0.39, 0.29) is 5.69 Å². The number of amides is 5. The van der Waals surface area contributed by atoms with E-state index in [0.29, 0.717) is 17.2 Å². The van der Waals surface area contributed by atoms with E-state index in [2.05, 4.69) is 0 Å². The Morgan fingerprint density at radius 1 is 1.00 bits per heavy atom. The molecule has 2 aromatic carbocycles. The van der Waals surface area contributed by atoms with Crippen LogP contribution < -0.4 is 14.5 Å². The summed E-state index contributed by atoms with van der Waals surface area (Å²) in [5.74, 6) is -1.84. The van der Waals surface area contributed by atoms with E-state index in [0.717, 1.165) is 29.0 Å². The van der Waals surface area contributed by atoms with Gasteiger partial charge in [-0.25, -0.2) is 14.6 Å². The monoisotopic (exact) mass is 393 g/mol. The van der Waals surface area contributed by atoms with E-state index < -0.39 is 30.3 Å². The average molecular weight is 393 g/mol. The number of aryl methyl sites for hydroxylation is 1. The van der Waals surface area contributed by atoms with Crippen molar-refractivity contribution in [1.29, 1.82) is 0 Å². The topological polar surface area (TPSA) is 87.2 Å². The standard InChI is InChI=1S/C21H19N3O5/c1-29-16-10-8-15(9-11-16)24-20(27)19(26)23(21(24)28)13-18(25)22-12-4-6-14-5-2-3-7-17(14)22/h2-3,5,7-11H,4,6,12-13H2,1H3. The zero-order chi connectivity index (χ0) is 20.5. The van der Waals surface area contributed by atoms with E-state index >= 15 is 0 Å². The lowest BCUT2D eigenvalue weighted by Crippen LogP contribution is -2.45. The number of carbonyl (C=O) groups excluding carboxylic acids is 4. The molecular weight excluding hydrogens is 374 g/mol. The van der Waals surface area contributed by atoms with Crippen molar-refractivity contribution in [2.75, 3.05) is 30.0 Å². The minimum absolute atomic E-state index is 0.243. The van der Waals surface area contributed by atoms with Crippen LogP contribution >= 0.6 is 0 Å². The predicted octanol–water partition coefficient (Wildman–Crippen LogP) is 1.97. The number of urea groups is 1. The van der Waals surface area contributed by atoms with Crippen LogP contribution in [0.4, 0.5) is 16.2 Å². The quantitative estimate of drug-likeness (QED) is 0.586. The second-order valence-electron chi connectivity index (χ2n) is 6.79. The summed E-state index contributed by atoms with van der Waals surface area (Å²) >= 11 is 0. The molecule has 2 heterocycles. The number of anilines is 2. The second kappa shape index (κ2) is 7.38. The van der Waals surface area contributed by atoms with Gasteiger partial charge in [0.25, 0.3) is 0 Å². The fourth-order valence-corrected chi connectivity index (χ4v) is 3.62. The maximum Gasteiger partial charge on any atom is 0.339 e. The van der Waals surface area contributed by atoms with Gasteiger partial charge in [0.05, 0.1) is 12.8 Å². The lowest BCUT2D eigenvalue weighted by Gasteiger charge is -2.30. The van der Waals surface area contributed by atoms with E-state index in [1.165, 1.54) is 19.2 Å². The molecule has 2 aromatic rings. The zero-order valence-electron chi connectivity index (χ0n) is 15.8. The molecule has 1 fully saturated rings. The van der Waals surface area contributed by atoms with Crippen molar-refractivity contribution in [3.63, 3.8) is 0 Å². The van der Waals surface area contributed by atoms with Crippen LogP contribution in [0.1, 0.15) is 12.0 Å². The van der Waals surface area contributed by atoms with E-state index in [4.69, 9.17) is 4.74 Å². The lowest BCUT2D eigenvalue weighted by atomic mass is 10.0. The molecular formula is C21H19N3O5. The van der Waals surface area contributed by atoms with Crippen molar-refractivity contribution in [2.24, 2.45) is 0 Å². The second-order valence-corrected chi connectivity index (χ2v) is 6.79. The zero-order valence-corrected chi connectivity index (χ0v) is 15.8. The smallest absolute Gasteiger partial charge is 0.339 e. The highest BCUT2D eigenvalue weighted by Gasteiger charge is 2.46. The molecule has 0 spiro atoms. The van der Waals surface area contributed by atoms with Gasteiger partial charge in [-0.3, -0.25) is 14.4 Å². The number of para-hydroxylation sites is 1. The average Bonchev–Trinajstić information content (AvgIpc) is 2.96. The number of benzene rings is 2. The summed E-state index contributed by atoms with van der Waals surface area (Å²) in [5, 5.41) is 0. The van der Waals surface area contributed by atoms with Crippen molar-refractivity contribution >= 4 is 35.1 Å². The maximum atomic E-state index is 12.9. The SMILES string of the molecule is COc1ccc(N2C(=O)C(=O)N(CC(=O)N3CCCc4ccccc43)C2=O)cc1. The molecule has 4 rings (SSSR count). The fraction of sp³-hybridized carbons (Fsp3) is 0.238. The molecule has 0 aromatic heterocycles. The van der Waals surface area contributed by atoms with Crippen LogP contribution in [0.5, 0.6) is 5.75 Å². The number of hydrogen-bond acceptors (Lipinski definition) is 5. The van der Waals surface area contributed by atoms with E-state index in [1.54, 1.807) is 17.0 Å². The van der Waals surface area contributed by atoms with Gasteiger partial charge in [-0.2, -0.15) is 0 Å². The lowest BCUT2D eigenvalue weighted by molar-refractivity contribution is -0.140. The minimum Gasteiger partial charge on any atom is -0.497 e. The normalized spacial score (nSPS) is 16.3. The number of fused-ring (bicyclic) bond motifs is 1. The maximum absolute atomic E-state index is 12.9. The first kappa shape index (κ1) is 18.7. The van der Waals surface area contributed by atoms with Crippen molar-refractivity contribution in [2.45, 2.75) is 12.8 Å². The van der Waals surface area contributed by atoms with Gasteiger partial charge in [0, 0.05) is 12.2 Å². The van der Waals surface area contributed by atoms with Gasteiger partial charge in [-0.1, -0.05) is 18.2 Å². The molecule has 1 saturated heterocycles. The number of methoxy groups -OCH3 is 1. The van der Waals surface area contributed by atoms with Crippen molar-refractivity contribution in [3.8, 4) is 5.75 Å². The van der Waals surface area contributed by atoms with Crippen LogP contribution in [0.2, 0.25) is 0 Å². The highest BCUT2D eigenvalue weighted by Crippen LogP contribution is 2.28. The summed E-state index contributed by atoms with van der Waals surface area (Å²) < 4.78 is 5.06. The molecule has 0 saturated carbocycles. The predicted molar refractivity (Wildman–Crippen MR) is 105 cm³/mol. The number of rotatable bonds is 4. The number of imide groups is 2. The molecule has 0 radical (unpaired) electrons. The number of nitrogens with zero attached hydrogens (tertiary/aromatic N) is 3. The number of hydrogen-bond donors (Lipinski definition) is 0. The third-order valence-electron chi connectivity index (χ3n) is 5.09. The van der Waals surface area contributed by atoms with E-state index in [9.17, 15) is 19.2 Å². The molecule has 0 N–H and O–H groups in total. The molecule has 0 bridgehead atoms. The molecule has 29 heavy (non-hydrogen) atoms. The van der Waals surface area contributed by atoms with Gasteiger partial charge in [-0.15, -0.1) is 0 Å². The Hall–Kier alpha value is -3.68. The summed E-state index contributed by atoms with van der Waals surface area (Å²) in [6.45, 7) is 0.0204. The van der Waals surface area contributed by atoms with Crippen LogP contribution in [0, 0.1) is 0 Å². The molecule has 2 aliphatic heterocycles. The first-order valence-electron chi connectivity index (χ1n) is 9.23. The van der Waals surface area contributed by atoms with Crippen molar-refractivity contribution in [1.82, 2.24) is 4.90 Å². The Morgan fingerprint density at radius 3 is 2.45 bits per heavy atom. The summed E-state index contributed by atoms with van der Waals surface area (Å²) in [6.07, 6.45) is 1.66. The highest BCUT2D eigenvalue weighted by atomic mass is 16.5. The van der Waals surface area contributed by atoms with Crippen LogP contribution in [0.25, 0.3) is 0 Å². The first-order valence-corrected chi connectivity index (χ1v) is 9.23. The summed E-state index contributed by atoms with van der Waals surface area (Å²) in [6, 6.07) is 12.9. The van der Waals surface area contributed by atoms with Gasteiger partial charge in [0.15, 0.2) is 0 Å². The Bertz CT molecular complexity index is 1000. The summed E-state index contributed by atoms with van der Waals surface area (Å²) in [4.78, 5) is 53.5. The molecule has 0 aliphatic carbocycles. The first-order chi connectivity index (χ1) is 14.0. The van der Waals surface area contributed by atoms with Gasteiger partial charge in [0.1, 0.15) is 12.3 Å². The van der Waals surface area contributed by atoms with Gasteiger partial charge >= 0.3 is 17.8 Å². The molecule has 5 amide bonds. The molecule has 0 atom stereocenters.